The van der Waals surface area contributed by atoms with Gasteiger partial charge >= 0.3 is 0 Å². The van der Waals surface area contributed by atoms with Crippen molar-refractivity contribution in [2.75, 3.05) is 19.6 Å². The first kappa shape index (κ1) is 20.9. The number of hydrogen-bond donors (Lipinski definition) is 2. The molecule has 0 aromatic heterocycles. The van der Waals surface area contributed by atoms with Crippen LogP contribution in [-0.2, 0) is 14.3 Å². The number of nitrogens with one attached hydrogen (secondary N) is 2. The lowest BCUT2D eigenvalue weighted by Gasteiger charge is -2.23. The molecule has 0 radical (unpaired) electrons. The van der Waals surface area contributed by atoms with Crippen LogP contribution in [0.3, 0.4) is 0 Å². The van der Waals surface area contributed by atoms with Crippen molar-refractivity contribution in [1.82, 2.24) is 10.6 Å². The molecule has 130 valence electrons. The van der Waals surface area contributed by atoms with Gasteiger partial charge in [-0.1, -0.05) is 20.8 Å². The van der Waals surface area contributed by atoms with Gasteiger partial charge in [0.1, 0.15) is 5.60 Å². The summed E-state index contributed by atoms with van der Waals surface area (Å²) in [7, 11) is 0. The fourth-order valence-corrected chi connectivity index (χ4v) is 1.97. The van der Waals surface area contributed by atoms with E-state index < -0.39 is 0 Å². The van der Waals surface area contributed by atoms with Crippen LogP contribution in [0, 0.1) is 11.3 Å². The predicted octanol–water partition coefficient (Wildman–Crippen LogP) is 2.50. The van der Waals surface area contributed by atoms with E-state index in [2.05, 4.69) is 15.4 Å². The molecule has 0 aromatic rings. The average Bonchev–Trinajstić information content (AvgIpc) is 2.38. The van der Waals surface area contributed by atoms with Crippen molar-refractivity contribution < 1.29 is 14.3 Å². The van der Waals surface area contributed by atoms with Gasteiger partial charge in [-0.05, 0) is 59.0 Å². The minimum absolute atomic E-state index is 0.163. The third-order valence-corrected chi connectivity index (χ3v) is 3.38. The summed E-state index contributed by atoms with van der Waals surface area (Å²) in [6.45, 7) is 14.9. The molecule has 0 spiro atoms. The Kier molecular flexibility index (Phi) is 9.33. The molecule has 0 aliphatic carbocycles. The summed E-state index contributed by atoms with van der Waals surface area (Å²) in [6, 6.07) is 0. The first-order chi connectivity index (χ1) is 10.1. The monoisotopic (exact) mass is 314 g/mol. The van der Waals surface area contributed by atoms with E-state index in [1.807, 2.05) is 41.5 Å². The summed E-state index contributed by atoms with van der Waals surface area (Å²) >= 11 is 0. The minimum atomic E-state index is -0.318. The van der Waals surface area contributed by atoms with E-state index in [1.165, 1.54) is 12.8 Å². The zero-order valence-electron chi connectivity index (χ0n) is 15.1. The van der Waals surface area contributed by atoms with Crippen LogP contribution in [-0.4, -0.2) is 37.6 Å². The van der Waals surface area contributed by atoms with E-state index in [1.54, 1.807) is 0 Å². The van der Waals surface area contributed by atoms with Crippen LogP contribution >= 0.6 is 0 Å². The molecule has 5 heteroatoms. The number of ether oxygens (including phenoxy) is 1. The molecule has 0 bridgehead atoms. The molecular weight excluding hydrogens is 280 g/mol. The van der Waals surface area contributed by atoms with E-state index in [9.17, 15) is 9.59 Å². The van der Waals surface area contributed by atoms with Crippen molar-refractivity contribution in [2.45, 2.75) is 66.4 Å². The maximum Gasteiger partial charge on any atom is 0.293 e. The second-order valence-corrected chi connectivity index (χ2v) is 7.81. The van der Waals surface area contributed by atoms with Crippen molar-refractivity contribution in [3.8, 4) is 0 Å². The average molecular weight is 314 g/mol. The Labute approximate surface area is 135 Å². The molecule has 0 saturated carbocycles. The first-order valence-electron chi connectivity index (χ1n) is 8.17. The van der Waals surface area contributed by atoms with Gasteiger partial charge < -0.3 is 15.4 Å². The molecule has 0 unspecified atom stereocenters. The number of carbonyl (C=O) groups is 2. The number of carbonyl (C=O) groups excluding carboxylic acids is 2. The standard InChI is InChI=1S/C12H24N2O.C5H10O2/c1-12(2,3)11(15)14-9-6-10-4-7-13-8-5-10;1-5(2,3)7-4-6/h10,13H,4-9H2,1-3H3,(H,14,15);4H,1-3H3. The highest BCUT2D eigenvalue weighted by atomic mass is 16.5. The van der Waals surface area contributed by atoms with Crippen molar-refractivity contribution in [3.05, 3.63) is 0 Å². The second-order valence-electron chi connectivity index (χ2n) is 7.81. The van der Waals surface area contributed by atoms with Crippen LogP contribution in [0.5, 0.6) is 0 Å². The fraction of sp³-hybridized carbons (Fsp3) is 0.882. The second kappa shape index (κ2) is 9.82. The van der Waals surface area contributed by atoms with Crippen molar-refractivity contribution in [3.63, 3.8) is 0 Å². The quantitative estimate of drug-likeness (QED) is 0.782. The van der Waals surface area contributed by atoms with Gasteiger partial charge in [0.15, 0.2) is 0 Å². The van der Waals surface area contributed by atoms with E-state index in [4.69, 9.17) is 0 Å². The van der Waals surface area contributed by atoms with Gasteiger partial charge in [0.25, 0.3) is 6.47 Å². The first-order valence-corrected chi connectivity index (χ1v) is 8.17. The molecule has 1 saturated heterocycles. The highest BCUT2D eigenvalue weighted by Crippen LogP contribution is 2.16. The molecular formula is C17H34N2O3. The summed E-state index contributed by atoms with van der Waals surface area (Å²) in [5.41, 5.74) is -0.574. The van der Waals surface area contributed by atoms with Crippen LogP contribution < -0.4 is 10.6 Å². The van der Waals surface area contributed by atoms with Gasteiger partial charge in [0.2, 0.25) is 5.91 Å². The normalized spacial score (nSPS) is 16.3. The van der Waals surface area contributed by atoms with E-state index in [0.717, 1.165) is 32.0 Å². The Hall–Kier alpha value is -1.10. The summed E-state index contributed by atoms with van der Waals surface area (Å²) in [6.07, 6.45) is 3.64. The Morgan fingerprint density at radius 2 is 1.73 bits per heavy atom. The van der Waals surface area contributed by atoms with Crippen molar-refractivity contribution >= 4 is 12.4 Å². The number of amides is 1. The Morgan fingerprint density at radius 3 is 2.09 bits per heavy atom. The SMILES string of the molecule is CC(C)(C)C(=O)NCCC1CCNCC1.CC(C)(C)OC=O. The third kappa shape index (κ3) is 11.5. The Morgan fingerprint density at radius 1 is 1.18 bits per heavy atom. The van der Waals surface area contributed by atoms with E-state index >= 15 is 0 Å². The largest absolute Gasteiger partial charge is 0.462 e. The van der Waals surface area contributed by atoms with E-state index in [-0.39, 0.29) is 16.9 Å². The number of hydrogen-bond acceptors (Lipinski definition) is 4. The van der Waals surface area contributed by atoms with Gasteiger partial charge in [-0.2, -0.15) is 0 Å². The van der Waals surface area contributed by atoms with Crippen LogP contribution in [0.2, 0.25) is 0 Å². The van der Waals surface area contributed by atoms with Gasteiger partial charge in [-0.3, -0.25) is 9.59 Å². The summed E-state index contributed by atoms with van der Waals surface area (Å²) in [5.74, 6) is 0.961. The van der Waals surface area contributed by atoms with E-state index in [0.29, 0.717) is 6.47 Å². The van der Waals surface area contributed by atoms with Gasteiger partial charge in [0, 0.05) is 12.0 Å². The third-order valence-electron chi connectivity index (χ3n) is 3.38. The maximum absolute atomic E-state index is 11.6. The molecule has 1 aliphatic heterocycles. The molecule has 1 heterocycles. The number of rotatable bonds is 4. The lowest BCUT2D eigenvalue weighted by atomic mass is 9.93. The topological polar surface area (TPSA) is 67.4 Å². The molecule has 2 N–H and O–H groups in total. The van der Waals surface area contributed by atoms with Crippen LogP contribution in [0.4, 0.5) is 0 Å². The van der Waals surface area contributed by atoms with Crippen molar-refractivity contribution in [1.29, 1.82) is 0 Å². The predicted molar refractivity (Wildman–Crippen MR) is 89.6 cm³/mol. The molecule has 0 atom stereocenters. The van der Waals surface area contributed by atoms with Crippen LogP contribution in [0.25, 0.3) is 0 Å². The highest BCUT2D eigenvalue weighted by Gasteiger charge is 2.21. The molecule has 1 amide bonds. The summed E-state index contributed by atoms with van der Waals surface area (Å²) in [4.78, 5) is 21.2. The zero-order valence-corrected chi connectivity index (χ0v) is 15.1. The summed E-state index contributed by atoms with van der Waals surface area (Å²) < 4.78 is 4.55. The zero-order chi connectivity index (χ0) is 17.2. The summed E-state index contributed by atoms with van der Waals surface area (Å²) in [5, 5.41) is 6.36. The number of piperidine rings is 1. The molecule has 1 aliphatic rings. The Balaban J connectivity index is 0.000000534. The van der Waals surface area contributed by atoms with Gasteiger partial charge in [-0.15, -0.1) is 0 Å². The molecule has 0 aromatic carbocycles. The molecule has 22 heavy (non-hydrogen) atoms. The fourth-order valence-electron chi connectivity index (χ4n) is 1.97. The molecule has 1 rings (SSSR count). The molecule has 5 nitrogen and oxygen atoms in total. The lowest BCUT2D eigenvalue weighted by Crippen LogP contribution is -2.37. The maximum atomic E-state index is 11.6. The highest BCUT2D eigenvalue weighted by molar-refractivity contribution is 5.81. The van der Waals surface area contributed by atoms with Crippen LogP contribution in [0.15, 0.2) is 0 Å². The smallest absolute Gasteiger partial charge is 0.293 e. The molecule has 1 fully saturated rings. The van der Waals surface area contributed by atoms with Crippen LogP contribution in [0.1, 0.15) is 60.8 Å². The minimum Gasteiger partial charge on any atom is -0.462 e. The lowest BCUT2D eigenvalue weighted by molar-refractivity contribution is -0.138. The van der Waals surface area contributed by atoms with Crippen molar-refractivity contribution in [2.24, 2.45) is 11.3 Å². The van der Waals surface area contributed by atoms with Gasteiger partial charge in [-0.25, -0.2) is 0 Å². The Bertz CT molecular complexity index is 324. The van der Waals surface area contributed by atoms with Gasteiger partial charge in [0.05, 0.1) is 0 Å².